The van der Waals surface area contributed by atoms with E-state index in [1.807, 2.05) is 0 Å². The standard InChI is InChI=1S/C8H7NO5/c1-6-4-2-3-5-7(6)8(10)13-14-9(11)12/h2-5H,1H3. The molecule has 0 saturated heterocycles. The predicted octanol–water partition coefficient (Wildman–Crippen LogP) is 1.28. The lowest BCUT2D eigenvalue weighted by Gasteiger charge is -2.01. The maximum Gasteiger partial charge on any atom is 0.374 e. The first kappa shape index (κ1) is 9.97. The monoisotopic (exact) mass is 197 g/mol. The quantitative estimate of drug-likeness (QED) is 0.414. The van der Waals surface area contributed by atoms with Crippen LogP contribution in [0.2, 0.25) is 0 Å². The van der Waals surface area contributed by atoms with Crippen molar-refractivity contribution < 1.29 is 19.8 Å². The normalized spacial score (nSPS) is 9.21. The van der Waals surface area contributed by atoms with E-state index < -0.39 is 11.1 Å². The highest BCUT2D eigenvalue weighted by atomic mass is 17.3. The van der Waals surface area contributed by atoms with E-state index in [9.17, 15) is 14.9 Å². The Bertz CT molecular complexity index is 363. The van der Waals surface area contributed by atoms with E-state index >= 15 is 0 Å². The molecule has 6 nitrogen and oxygen atoms in total. The summed E-state index contributed by atoms with van der Waals surface area (Å²) in [5.41, 5.74) is 0.888. The number of hydrogen-bond donors (Lipinski definition) is 0. The molecule has 0 fully saturated rings. The zero-order valence-corrected chi connectivity index (χ0v) is 7.30. The molecule has 0 unspecified atom stereocenters. The molecule has 0 spiro atoms. The second-order valence-electron chi connectivity index (χ2n) is 2.48. The fraction of sp³-hybridized carbons (Fsp3) is 0.125. The van der Waals surface area contributed by atoms with Gasteiger partial charge in [-0.1, -0.05) is 23.2 Å². The summed E-state index contributed by atoms with van der Waals surface area (Å²) in [4.78, 5) is 28.3. The Hall–Kier alpha value is -2.11. The van der Waals surface area contributed by atoms with Gasteiger partial charge in [-0.2, -0.15) is 0 Å². The predicted molar refractivity (Wildman–Crippen MR) is 44.7 cm³/mol. The van der Waals surface area contributed by atoms with E-state index in [4.69, 9.17) is 0 Å². The first-order valence-electron chi connectivity index (χ1n) is 3.70. The molecule has 1 aromatic rings. The van der Waals surface area contributed by atoms with Crippen molar-refractivity contribution in [1.82, 2.24) is 0 Å². The first-order chi connectivity index (χ1) is 6.61. The fourth-order valence-corrected chi connectivity index (χ4v) is 0.911. The molecule has 0 radical (unpaired) electrons. The number of rotatable bonds is 3. The lowest BCUT2D eigenvalue weighted by molar-refractivity contribution is -0.839. The van der Waals surface area contributed by atoms with Gasteiger partial charge in [0.2, 0.25) is 0 Å². The van der Waals surface area contributed by atoms with Crippen molar-refractivity contribution in [3.8, 4) is 0 Å². The van der Waals surface area contributed by atoms with Crippen LogP contribution in [-0.4, -0.2) is 11.1 Å². The number of hydrogen-bond acceptors (Lipinski definition) is 5. The van der Waals surface area contributed by atoms with Crippen LogP contribution in [-0.2, 0) is 9.88 Å². The van der Waals surface area contributed by atoms with Gasteiger partial charge < -0.3 is 0 Å². The number of benzene rings is 1. The van der Waals surface area contributed by atoms with Crippen molar-refractivity contribution >= 4 is 5.97 Å². The second kappa shape index (κ2) is 4.22. The molecule has 0 aliphatic heterocycles. The van der Waals surface area contributed by atoms with E-state index in [-0.39, 0.29) is 5.56 Å². The number of carbonyl (C=O) groups is 1. The van der Waals surface area contributed by atoms with Gasteiger partial charge in [0.15, 0.2) is 0 Å². The van der Waals surface area contributed by atoms with Gasteiger partial charge in [0.25, 0.3) is 0 Å². The highest BCUT2D eigenvalue weighted by Crippen LogP contribution is 2.08. The zero-order valence-electron chi connectivity index (χ0n) is 7.30. The third kappa shape index (κ3) is 2.44. The maximum absolute atomic E-state index is 11.1. The molecule has 6 heteroatoms. The molecular weight excluding hydrogens is 190 g/mol. The summed E-state index contributed by atoms with van der Waals surface area (Å²) in [6, 6.07) is 6.53. The lowest BCUT2D eigenvalue weighted by atomic mass is 10.1. The van der Waals surface area contributed by atoms with E-state index in [1.54, 1.807) is 25.1 Å². The van der Waals surface area contributed by atoms with Crippen LogP contribution < -0.4 is 0 Å². The third-order valence-electron chi connectivity index (χ3n) is 1.54. The smallest absolute Gasteiger partial charge is 0.255 e. The van der Waals surface area contributed by atoms with Crippen LogP contribution in [0.25, 0.3) is 0 Å². The summed E-state index contributed by atoms with van der Waals surface area (Å²) in [7, 11) is 0. The van der Waals surface area contributed by atoms with Crippen LogP contribution in [0.1, 0.15) is 15.9 Å². The van der Waals surface area contributed by atoms with Gasteiger partial charge in [-0.05, 0) is 18.6 Å². The minimum Gasteiger partial charge on any atom is -0.255 e. The summed E-state index contributed by atoms with van der Waals surface area (Å²) in [6.07, 6.45) is 0. The molecule has 1 aromatic carbocycles. The third-order valence-corrected chi connectivity index (χ3v) is 1.54. The Labute approximate surface area is 79.1 Å². The topological polar surface area (TPSA) is 78.7 Å². The molecule has 0 aliphatic carbocycles. The van der Waals surface area contributed by atoms with Crippen molar-refractivity contribution in [2.45, 2.75) is 6.92 Å². The summed E-state index contributed by atoms with van der Waals surface area (Å²) in [5, 5.41) is 8.53. The molecule has 0 atom stereocenters. The summed E-state index contributed by atoms with van der Waals surface area (Å²) >= 11 is 0. The van der Waals surface area contributed by atoms with Crippen molar-refractivity contribution in [3.05, 3.63) is 45.5 Å². The molecule has 0 amide bonds. The van der Waals surface area contributed by atoms with Gasteiger partial charge in [-0.3, -0.25) is 4.89 Å². The van der Waals surface area contributed by atoms with Crippen LogP contribution >= 0.6 is 0 Å². The van der Waals surface area contributed by atoms with Crippen molar-refractivity contribution in [2.75, 3.05) is 0 Å². The minimum atomic E-state index is -1.20. The molecule has 0 aromatic heterocycles. The second-order valence-corrected chi connectivity index (χ2v) is 2.48. The van der Waals surface area contributed by atoms with Crippen molar-refractivity contribution in [3.63, 3.8) is 0 Å². The summed E-state index contributed by atoms with van der Waals surface area (Å²) in [5.74, 6) is -0.889. The lowest BCUT2D eigenvalue weighted by Crippen LogP contribution is -2.10. The Morgan fingerprint density at radius 2 is 2.07 bits per heavy atom. The van der Waals surface area contributed by atoms with Crippen LogP contribution in [0.15, 0.2) is 24.3 Å². The Balaban J connectivity index is 2.70. The average Bonchev–Trinajstić information content (AvgIpc) is 2.15. The van der Waals surface area contributed by atoms with Crippen molar-refractivity contribution in [1.29, 1.82) is 0 Å². The molecule has 0 aliphatic rings. The molecule has 0 heterocycles. The minimum absolute atomic E-state index is 0.231. The SMILES string of the molecule is Cc1ccccc1C(=O)OO[N+](=O)[O-]. The molecule has 14 heavy (non-hydrogen) atoms. The van der Waals surface area contributed by atoms with E-state index in [2.05, 4.69) is 9.88 Å². The van der Waals surface area contributed by atoms with E-state index in [0.29, 0.717) is 5.56 Å². The summed E-state index contributed by atoms with van der Waals surface area (Å²) in [6.45, 7) is 1.68. The maximum atomic E-state index is 11.1. The van der Waals surface area contributed by atoms with Crippen molar-refractivity contribution in [2.24, 2.45) is 0 Å². The van der Waals surface area contributed by atoms with E-state index in [0.717, 1.165) is 0 Å². The fourth-order valence-electron chi connectivity index (χ4n) is 0.911. The van der Waals surface area contributed by atoms with Gasteiger partial charge in [-0.15, -0.1) is 10.1 Å². The Morgan fingerprint density at radius 3 is 2.64 bits per heavy atom. The molecule has 74 valence electrons. The molecular formula is C8H7NO5. The molecule has 1 rings (SSSR count). The first-order valence-corrected chi connectivity index (χ1v) is 3.70. The van der Waals surface area contributed by atoms with Crippen LogP contribution in [0.3, 0.4) is 0 Å². The average molecular weight is 197 g/mol. The van der Waals surface area contributed by atoms with Gasteiger partial charge in [0.05, 0.1) is 5.56 Å². The van der Waals surface area contributed by atoms with Crippen LogP contribution in [0.4, 0.5) is 0 Å². The van der Waals surface area contributed by atoms with Gasteiger partial charge >= 0.3 is 11.1 Å². The zero-order chi connectivity index (χ0) is 10.6. The van der Waals surface area contributed by atoms with Crippen LogP contribution in [0.5, 0.6) is 0 Å². The molecule has 0 N–H and O–H groups in total. The highest BCUT2D eigenvalue weighted by molar-refractivity contribution is 5.90. The van der Waals surface area contributed by atoms with Gasteiger partial charge in [0, 0.05) is 0 Å². The largest absolute Gasteiger partial charge is 0.374 e. The molecule has 0 bridgehead atoms. The van der Waals surface area contributed by atoms with E-state index in [1.165, 1.54) is 6.07 Å². The summed E-state index contributed by atoms with van der Waals surface area (Å²) < 4.78 is 0. The highest BCUT2D eigenvalue weighted by Gasteiger charge is 2.11. The Kier molecular flexibility index (Phi) is 3.01. The number of aryl methyl sites for hydroxylation is 1. The van der Waals surface area contributed by atoms with Crippen LogP contribution in [0, 0.1) is 17.0 Å². The van der Waals surface area contributed by atoms with Gasteiger partial charge in [-0.25, -0.2) is 4.79 Å². The molecule has 0 saturated carbocycles. The Morgan fingerprint density at radius 1 is 1.43 bits per heavy atom. The van der Waals surface area contributed by atoms with Gasteiger partial charge in [0.1, 0.15) is 0 Å². The number of nitrogens with zero attached hydrogens (tertiary/aromatic N) is 1. The number of carbonyl (C=O) groups excluding carboxylic acids is 1.